The standard InChI is InChI=1S/C18H21NO5S/c1-4-24-15-7-5-6-14(10-15)12-19-25(21,22)16-9-8-13(2)17(11-16)18(20)23-3/h5-11,19H,4,12H2,1-3H3. The second-order valence-electron chi connectivity index (χ2n) is 5.37. The van der Waals surface area contributed by atoms with Crippen molar-refractivity contribution < 1.29 is 22.7 Å². The van der Waals surface area contributed by atoms with E-state index in [0.29, 0.717) is 17.9 Å². The maximum atomic E-state index is 12.5. The van der Waals surface area contributed by atoms with Crippen LogP contribution < -0.4 is 9.46 Å². The number of rotatable bonds is 7. The highest BCUT2D eigenvalue weighted by Gasteiger charge is 2.18. The minimum atomic E-state index is -3.76. The maximum absolute atomic E-state index is 12.5. The molecule has 0 saturated heterocycles. The average Bonchev–Trinajstić information content (AvgIpc) is 2.60. The zero-order valence-corrected chi connectivity index (χ0v) is 15.2. The predicted molar refractivity (Wildman–Crippen MR) is 94.2 cm³/mol. The van der Waals surface area contributed by atoms with E-state index in [-0.39, 0.29) is 17.0 Å². The molecule has 0 unspecified atom stereocenters. The molecular weight excluding hydrogens is 342 g/mol. The number of methoxy groups -OCH3 is 1. The van der Waals surface area contributed by atoms with E-state index in [1.807, 2.05) is 13.0 Å². The van der Waals surface area contributed by atoms with Gasteiger partial charge in [0.25, 0.3) is 0 Å². The number of nitrogens with one attached hydrogen (secondary N) is 1. The van der Waals surface area contributed by atoms with Crippen LogP contribution in [0.2, 0.25) is 0 Å². The number of carbonyl (C=O) groups is 1. The van der Waals surface area contributed by atoms with Gasteiger partial charge < -0.3 is 9.47 Å². The third-order valence-corrected chi connectivity index (χ3v) is 5.00. The van der Waals surface area contributed by atoms with Gasteiger partial charge in [0.15, 0.2) is 0 Å². The van der Waals surface area contributed by atoms with Crippen molar-refractivity contribution in [3.05, 3.63) is 59.2 Å². The number of sulfonamides is 1. The summed E-state index contributed by atoms with van der Waals surface area (Å²) in [6.07, 6.45) is 0. The largest absolute Gasteiger partial charge is 0.494 e. The molecule has 0 radical (unpaired) electrons. The van der Waals surface area contributed by atoms with Crippen LogP contribution in [0.25, 0.3) is 0 Å². The number of esters is 1. The lowest BCUT2D eigenvalue weighted by Crippen LogP contribution is -2.23. The normalized spacial score (nSPS) is 11.2. The van der Waals surface area contributed by atoms with Gasteiger partial charge in [0, 0.05) is 6.54 Å². The molecule has 0 aromatic heterocycles. The van der Waals surface area contributed by atoms with Crippen LogP contribution in [0.3, 0.4) is 0 Å². The lowest BCUT2D eigenvalue weighted by Gasteiger charge is -2.10. The first-order chi connectivity index (χ1) is 11.9. The minimum absolute atomic E-state index is 0.0134. The molecule has 2 rings (SSSR count). The smallest absolute Gasteiger partial charge is 0.338 e. The van der Waals surface area contributed by atoms with E-state index < -0.39 is 16.0 Å². The van der Waals surface area contributed by atoms with Crippen LogP contribution >= 0.6 is 0 Å². The number of hydrogen-bond donors (Lipinski definition) is 1. The summed E-state index contributed by atoms with van der Waals surface area (Å²) < 4.78 is 37.6. The molecule has 0 fully saturated rings. The van der Waals surface area contributed by atoms with Gasteiger partial charge in [0.1, 0.15) is 5.75 Å². The molecule has 6 nitrogen and oxygen atoms in total. The Balaban J connectivity index is 2.19. The molecule has 0 aliphatic heterocycles. The monoisotopic (exact) mass is 363 g/mol. The van der Waals surface area contributed by atoms with Crippen LogP contribution in [0.15, 0.2) is 47.4 Å². The van der Waals surface area contributed by atoms with Crippen molar-refractivity contribution in [3.8, 4) is 5.75 Å². The molecule has 7 heteroatoms. The van der Waals surface area contributed by atoms with Crippen molar-refractivity contribution in [1.29, 1.82) is 0 Å². The molecule has 0 saturated carbocycles. The maximum Gasteiger partial charge on any atom is 0.338 e. The van der Waals surface area contributed by atoms with Crippen molar-refractivity contribution >= 4 is 16.0 Å². The van der Waals surface area contributed by atoms with E-state index >= 15 is 0 Å². The Labute approximate surface area is 147 Å². The van der Waals surface area contributed by atoms with E-state index in [1.54, 1.807) is 31.2 Å². The summed E-state index contributed by atoms with van der Waals surface area (Å²) in [6.45, 7) is 4.25. The third kappa shape index (κ3) is 4.80. The molecular formula is C18H21NO5S. The van der Waals surface area contributed by atoms with E-state index in [1.165, 1.54) is 19.2 Å². The number of hydrogen-bond acceptors (Lipinski definition) is 5. The molecule has 0 amide bonds. The Morgan fingerprint density at radius 2 is 1.92 bits per heavy atom. The second kappa shape index (κ2) is 8.13. The third-order valence-electron chi connectivity index (χ3n) is 3.60. The van der Waals surface area contributed by atoms with Crippen molar-refractivity contribution in [2.24, 2.45) is 0 Å². The van der Waals surface area contributed by atoms with Gasteiger partial charge in [-0.15, -0.1) is 0 Å². The molecule has 1 N–H and O–H groups in total. The molecule has 0 bridgehead atoms. The molecule has 25 heavy (non-hydrogen) atoms. The number of aryl methyl sites for hydroxylation is 1. The summed E-state index contributed by atoms with van der Waals surface area (Å²) in [6, 6.07) is 11.6. The van der Waals surface area contributed by atoms with Crippen LogP contribution in [0.5, 0.6) is 5.75 Å². The van der Waals surface area contributed by atoms with Gasteiger partial charge in [-0.1, -0.05) is 18.2 Å². The number of ether oxygens (including phenoxy) is 2. The summed E-state index contributed by atoms with van der Waals surface area (Å²) in [5.41, 5.74) is 1.65. The fourth-order valence-electron chi connectivity index (χ4n) is 2.27. The van der Waals surface area contributed by atoms with Gasteiger partial charge in [-0.2, -0.15) is 0 Å². The van der Waals surface area contributed by atoms with Gasteiger partial charge >= 0.3 is 5.97 Å². The Kier molecular flexibility index (Phi) is 6.17. The Morgan fingerprint density at radius 1 is 1.16 bits per heavy atom. The molecule has 2 aromatic carbocycles. The molecule has 0 atom stereocenters. The van der Waals surface area contributed by atoms with Crippen molar-refractivity contribution in [3.63, 3.8) is 0 Å². The van der Waals surface area contributed by atoms with Gasteiger partial charge in [-0.25, -0.2) is 17.9 Å². The summed E-state index contributed by atoms with van der Waals surface area (Å²) in [5.74, 6) is 0.112. The van der Waals surface area contributed by atoms with Gasteiger partial charge in [0.2, 0.25) is 10.0 Å². The zero-order valence-electron chi connectivity index (χ0n) is 14.4. The first kappa shape index (κ1) is 19.0. The summed E-state index contributed by atoms with van der Waals surface area (Å²) in [5, 5.41) is 0. The summed E-state index contributed by atoms with van der Waals surface area (Å²) in [4.78, 5) is 11.8. The summed E-state index contributed by atoms with van der Waals surface area (Å²) >= 11 is 0. The van der Waals surface area contributed by atoms with Crippen LogP contribution in [-0.2, 0) is 21.3 Å². The van der Waals surface area contributed by atoms with Gasteiger partial charge in [0.05, 0.1) is 24.2 Å². The molecule has 134 valence electrons. The SMILES string of the molecule is CCOc1cccc(CNS(=O)(=O)c2ccc(C)c(C(=O)OC)c2)c1. The molecule has 0 aliphatic rings. The average molecular weight is 363 g/mol. The summed E-state index contributed by atoms with van der Waals surface area (Å²) in [7, 11) is -2.51. The van der Waals surface area contributed by atoms with Gasteiger partial charge in [-0.05, 0) is 49.2 Å². The van der Waals surface area contributed by atoms with Crippen molar-refractivity contribution in [1.82, 2.24) is 4.72 Å². The topological polar surface area (TPSA) is 81.7 Å². The van der Waals surface area contributed by atoms with E-state index in [0.717, 1.165) is 5.56 Å². The highest BCUT2D eigenvalue weighted by Crippen LogP contribution is 2.18. The Hall–Kier alpha value is -2.38. The van der Waals surface area contributed by atoms with Crippen LogP contribution in [-0.4, -0.2) is 28.1 Å². The minimum Gasteiger partial charge on any atom is -0.494 e. The Morgan fingerprint density at radius 3 is 2.60 bits per heavy atom. The van der Waals surface area contributed by atoms with Crippen LogP contribution in [0.1, 0.15) is 28.4 Å². The number of carbonyl (C=O) groups excluding carboxylic acids is 1. The fraction of sp³-hybridized carbons (Fsp3) is 0.278. The van der Waals surface area contributed by atoms with E-state index in [2.05, 4.69) is 9.46 Å². The van der Waals surface area contributed by atoms with Crippen molar-refractivity contribution in [2.45, 2.75) is 25.3 Å². The zero-order chi connectivity index (χ0) is 18.4. The first-order valence-electron chi connectivity index (χ1n) is 7.77. The predicted octanol–water partition coefficient (Wildman–Crippen LogP) is 2.66. The van der Waals surface area contributed by atoms with Crippen LogP contribution in [0.4, 0.5) is 0 Å². The van der Waals surface area contributed by atoms with Crippen LogP contribution in [0, 0.1) is 6.92 Å². The molecule has 2 aromatic rings. The first-order valence-corrected chi connectivity index (χ1v) is 9.26. The quantitative estimate of drug-likeness (QED) is 0.765. The van der Waals surface area contributed by atoms with E-state index in [9.17, 15) is 13.2 Å². The van der Waals surface area contributed by atoms with Crippen molar-refractivity contribution in [2.75, 3.05) is 13.7 Å². The fourth-order valence-corrected chi connectivity index (χ4v) is 3.32. The molecule has 0 heterocycles. The highest BCUT2D eigenvalue weighted by atomic mass is 32.2. The lowest BCUT2D eigenvalue weighted by atomic mass is 10.1. The second-order valence-corrected chi connectivity index (χ2v) is 7.14. The Bertz CT molecular complexity index is 862. The highest BCUT2D eigenvalue weighted by molar-refractivity contribution is 7.89. The van der Waals surface area contributed by atoms with E-state index in [4.69, 9.17) is 4.74 Å². The number of benzene rings is 2. The molecule has 0 aliphatic carbocycles. The molecule has 0 spiro atoms. The lowest BCUT2D eigenvalue weighted by molar-refractivity contribution is 0.0599. The van der Waals surface area contributed by atoms with Gasteiger partial charge in [-0.3, -0.25) is 0 Å².